The van der Waals surface area contributed by atoms with Crippen LogP contribution in [0.5, 0.6) is 0 Å². The van der Waals surface area contributed by atoms with E-state index in [1.165, 1.54) is 7.05 Å². The molecule has 68 valence electrons. The van der Waals surface area contributed by atoms with Gasteiger partial charge in [0.15, 0.2) is 0 Å². The van der Waals surface area contributed by atoms with Crippen molar-refractivity contribution in [3.63, 3.8) is 0 Å². The van der Waals surface area contributed by atoms with Crippen molar-refractivity contribution < 1.29 is 14.3 Å². The Kier molecular flexibility index (Phi) is 4.76. The van der Waals surface area contributed by atoms with Crippen LogP contribution in [0.3, 0.4) is 0 Å². The summed E-state index contributed by atoms with van der Waals surface area (Å²) in [4.78, 5) is 21.4. The lowest BCUT2D eigenvalue weighted by Crippen LogP contribution is -2.15. The Bertz CT molecular complexity index is 196. The maximum atomic E-state index is 10.8. The summed E-state index contributed by atoms with van der Waals surface area (Å²) < 4.78 is 4.74. The average Bonchev–Trinajstić information content (AvgIpc) is 1.99. The number of carbonyl (C=O) groups is 2. The van der Waals surface area contributed by atoms with Gasteiger partial charge in [-0.1, -0.05) is 0 Å². The first kappa shape index (κ1) is 10.7. The molecular weight excluding hydrogens is 158 g/mol. The van der Waals surface area contributed by atoms with E-state index in [4.69, 9.17) is 4.74 Å². The zero-order chi connectivity index (χ0) is 9.56. The number of amides is 1. The molecule has 0 aliphatic rings. The third-order valence-corrected chi connectivity index (χ3v) is 0.969. The number of likely N-dealkylation sites (N-methyl/N-ethyl adjacent to an activating group) is 1. The van der Waals surface area contributed by atoms with Crippen molar-refractivity contribution >= 4 is 11.9 Å². The molecule has 0 spiro atoms. The molecule has 0 aromatic heterocycles. The van der Waals surface area contributed by atoms with E-state index in [9.17, 15) is 9.59 Å². The minimum Gasteiger partial charge on any atom is -0.460 e. The second kappa shape index (κ2) is 5.35. The molecule has 0 saturated heterocycles. The van der Waals surface area contributed by atoms with Crippen LogP contribution in [0, 0.1) is 0 Å². The van der Waals surface area contributed by atoms with Crippen LogP contribution in [-0.2, 0) is 14.3 Å². The van der Waals surface area contributed by atoms with Gasteiger partial charge in [-0.2, -0.15) is 0 Å². The van der Waals surface area contributed by atoms with Crippen LogP contribution in [0.4, 0.5) is 0 Å². The van der Waals surface area contributed by atoms with Gasteiger partial charge in [-0.05, 0) is 13.8 Å². The van der Waals surface area contributed by atoms with E-state index in [1.54, 1.807) is 13.8 Å². The summed E-state index contributed by atoms with van der Waals surface area (Å²) in [6.07, 6.45) is 2.07. The third-order valence-electron chi connectivity index (χ3n) is 0.969. The minimum atomic E-state index is -0.506. The molecule has 0 saturated carbocycles. The summed E-state index contributed by atoms with van der Waals surface area (Å²) >= 11 is 0. The van der Waals surface area contributed by atoms with Crippen molar-refractivity contribution in [2.24, 2.45) is 0 Å². The normalized spacial score (nSPS) is 10.3. The standard InChI is InChI=1S/C8H13NO3/c1-6(2)12-8(11)5-4-7(10)9-3/h4-6H,1-3H3,(H,9,10)/b5-4-. The SMILES string of the molecule is CNC(=O)/C=C\C(=O)OC(C)C. The quantitative estimate of drug-likeness (QED) is 0.489. The molecule has 0 radical (unpaired) electrons. The Morgan fingerprint density at radius 1 is 1.33 bits per heavy atom. The van der Waals surface area contributed by atoms with Gasteiger partial charge in [0.05, 0.1) is 6.10 Å². The molecule has 0 aromatic rings. The van der Waals surface area contributed by atoms with Gasteiger partial charge in [-0.15, -0.1) is 0 Å². The lowest BCUT2D eigenvalue weighted by Gasteiger charge is -2.03. The number of nitrogens with one attached hydrogen (secondary N) is 1. The van der Waals surface area contributed by atoms with Crippen LogP contribution in [0.2, 0.25) is 0 Å². The fraction of sp³-hybridized carbons (Fsp3) is 0.500. The Balaban J connectivity index is 3.83. The van der Waals surface area contributed by atoms with Crippen molar-refractivity contribution in [3.8, 4) is 0 Å². The molecule has 0 unspecified atom stereocenters. The van der Waals surface area contributed by atoms with Crippen molar-refractivity contribution in [2.45, 2.75) is 20.0 Å². The highest BCUT2D eigenvalue weighted by Crippen LogP contribution is 1.89. The smallest absolute Gasteiger partial charge is 0.331 e. The summed E-state index contributed by atoms with van der Waals surface area (Å²) in [5, 5.41) is 2.34. The lowest BCUT2D eigenvalue weighted by atomic mass is 10.4. The molecule has 0 aliphatic carbocycles. The van der Waals surface area contributed by atoms with E-state index in [0.717, 1.165) is 12.2 Å². The van der Waals surface area contributed by atoms with Gasteiger partial charge in [0.1, 0.15) is 0 Å². The van der Waals surface area contributed by atoms with Crippen molar-refractivity contribution in [1.82, 2.24) is 5.32 Å². The third kappa shape index (κ3) is 5.46. The van der Waals surface area contributed by atoms with E-state index in [-0.39, 0.29) is 12.0 Å². The predicted molar refractivity (Wildman–Crippen MR) is 44.4 cm³/mol. The topological polar surface area (TPSA) is 55.4 Å². The molecule has 0 rings (SSSR count). The van der Waals surface area contributed by atoms with Gasteiger partial charge in [-0.3, -0.25) is 4.79 Å². The zero-order valence-corrected chi connectivity index (χ0v) is 7.46. The Hall–Kier alpha value is -1.32. The number of hydrogen-bond acceptors (Lipinski definition) is 3. The minimum absolute atomic E-state index is 0.160. The predicted octanol–water partition coefficient (Wildman–Crippen LogP) is 0.240. The van der Waals surface area contributed by atoms with Crippen LogP contribution < -0.4 is 5.32 Å². The number of ether oxygens (including phenoxy) is 1. The first-order valence-corrected chi connectivity index (χ1v) is 3.66. The van der Waals surface area contributed by atoms with Gasteiger partial charge in [-0.25, -0.2) is 4.79 Å². The number of hydrogen-bond donors (Lipinski definition) is 1. The number of carbonyl (C=O) groups excluding carboxylic acids is 2. The highest BCUT2D eigenvalue weighted by atomic mass is 16.5. The Labute approximate surface area is 71.6 Å². The van der Waals surface area contributed by atoms with Crippen LogP contribution in [0.25, 0.3) is 0 Å². The van der Waals surface area contributed by atoms with Crippen molar-refractivity contribution in [2.75, 3.05) is 7.05 Å². The van der Waals surface area contributed by atoms with Gasteiger partial charge < -0.3 is 10.1 Å². The summed E-state index contributed by atoms with van der Waals surface area (Å²) in [5.41, 5.74) is 0. The summed E-state index contributed by atoms with van der Waals surface area (Å²) in [5.74, 6) is -0.829. The molecule has 0 aliphatic heterocycles. The molecule has 0 bridgehead atoms. The van der Waals surface area contributed by atoms with Gasteiger partial charge in [0.25, 0.3) is 0 Å². The van der Waals surface area contributed by atoms with Crippen molar-refractivity contribution in [1.29, 1.82) is 0 Å². The molecule has 0 aromatic carbocycles. The first-order chi connectivity index (χ1) is 5.56. The van der Waals surface area contributed by atoms with E-state index >= 15 is 0 Å². The number of rotatable bonds is 3. The average molecular weight is 171 g/mol. The number of esters is 1. The summed E-state index contributed by atoms with van der Waals surface area (Å²) in [6, 6.07) is 0. The van der Waals surface area contributed by atoms with E-state index in [2.05, 4.69) is 5.32 Å². The molecule has 4 nitrogen and oxygen atoms in total. The Morgan fingerprint density at radius 2 is 1.92 bits per heavy atom. The lowest BCUT2D eigenvalue weighted by molar-refractivity contribution is -0.141. The molecule has 1 N–H and O–H groups in total. The monoisotopic (exact) mass is 171 g/mol. The highest BCUT2D eigenvalue weighted by Gasteiger charge is 2.00. The second-order valence-electron chi connectivity index (χ2n) is 2.43. The summed E-state index contributed by atoms with van der Waals surface area (Å²) in [7, 11) is 1.49. The fourth-order valence-corrected chi connectivity index (χ4v) is 0.499. The molecule has 0 heterocycles. The van der Waals surface area contributed by atoms with E-state index in [0.29, 0.717) is 0 Å². The maximum absolute atomic E-state index is 10.8. The fourth-order valence-electron chi connectivity index (χ4n) is 0.499. The zero-order valence-electron chi connectivity index (χ0n) is 7.46. The van der Waals surface area contributed by atoms with Crippen molar-refractivity contribution in [3.05, 3.63) is 12.2 Å². The van der Waals surface area contributed by atoms with Crippen LogP contribution >= 0.6 is 0 Å². The van der Waals surface area contributed by atoms with Crippen LogP contribution in [0.1, 0.15) is 13.8 Å². The van der Waals surface area contributed by atoms with E-state index < -0.39 is 5.97 Å². The van der Waals surface area contributed by atoms with Crippen LogP contribution in [0.15, 0.2) is 12.2 Å². The molecule has 4 heteroatoms. The molecule has 0 atom stereocenters. The molecular formula is C8H13NO3. The second-order valence-corrected chi connectivity index (χ2v) is 2.43. The Morgan fingerprint density at radius 3 is 2.33 bits per heavy atom. The first-order valence-electron chi connectivity index (χ1n) is 3.66. The van der Waals surface area contributed by atoms with Gasteiger partial charge in [0, 0.05) is 19.2 Å². The molecule has 1 amide bonds. The largest absolute Gasteiger partial charge is 0.460 e. The van der Waals surface area contributed by atoms with Gasteiger partial charge in [0.2, 0.25) is 5.91 Å². The molecule has 12 heavy (non-hydrogen) atoms. The van der Waals surface area contributed by atoms with E-state index in [1.807, 2.05) is 0 Å². The summed E-state index contributed by atoms with van der Waals surface area (Å²) in [6.45, 7) is 3.48. The van der Waals surface area contributed by atoms with Crippen LogP contribution in [-0.4, -0.2) is 25.0 Å². The molecule has 0 fully saturated rings. The highest BCUT2D eigenvalue weighted by molar-refractivity contribution is 5.94. The van der Waals surface area contributed by atoms with Gasteiger partial charge >= 0.3 is 5.97 Å². The maximum Gasteiger partial charge on any atom is 0.331 e.